The number of likely N-dealkylation sites (tertiary alicyclic amines) is 1. The summed E-state index contributed by atoms with van der Waals surface area (Å²) in [4.78, 5) is 2.59. The van der Waals surface area contributed by atoms with E-state index in [4.69, 9.17) is 4.74 Å². The maximum absolute atomic E-state index is 5.81. The van der Waals surface area contributed by atoms with Crippen molar-refractivity contribution in [3.8, 4) is 0 Å². The third-order valence-electron chi connectivity index (χ3n) is 3.35. The molecule has 1 aliphatic heterocycles. The standard InChI is InChI=1S/C15H31NO/c1-13(2)11-14-7-6-8-16(12-14)9-10-17-15(3,4)5/h13-14H,6-12H2,1-5H3. The summed E-state index contributed by atoms with van der Waals surface area (Å²) in [6, 6.07) is 0. The second-order valence-electron chi connectivity index (χ2n) is 6.90. The van der Waals surface area contributed by atoms with Crippen LogP contribution in [0, 0.1) is 11.8 Å². The number of hydrogen-bond acceptors (Lipinski definition) is 2. The summed E-state index contributed by atoms with van der Waals surface area (Å²) >= 11 is 0. The fourth-order valence-electron chi connectivity index (χ4n) is 2.69. The minimum atomic E-state index is 0.00706. The maximum atomic E-state index is 5.81. The second kappa shape index (κ2) is 6.75. The Labute approximate surface area is 108 Å². The molecule has 2 heteroatoms. The lowest BCUT2D eigenvalue weighted by molar-refractivity contribution is -0.0175. The van der Waals surface area contributed by atoms with Gasteiger partial charge < -0.3 is 9.64 Å². The number of rotatable bonds is 5. The van der Waals surface area contributed by atoms with Gasteiger partial charge in [0.2, 0.25) is 0 Å². The average molecular weight is 241 g/mol. The molecule has 1 atom stereocenters. The Morgan fingerprint density at radius 2 is 2.00 bits per heavy atom. The normalized spacial score (nSPS) is 23.3. The summed E-state index contributed by atoms with van der Waals surface area (Å²) in [6.45, 7) is 15.6. The Morgan fingerprint density at radius 3 is 2.59 bits per heavy atom. The number of piperidine rings is 1. The first kappa shape index (κ1) is 15.0. The Balaban J connectivity index is 2.20. The van der Waals surface area contributed by atoms with Crippen LogP contribution in [0.1, 0.15) is 53.9 Å². The molecule has 1 heterocycles. The fraction of sp³-hybridized carbons (Fsp3) is 1.00. The zero-order valence-corrected chi connectivity index (χ0v) is 12.5. The van der Waals surface area contributed by atoms with Gasteiger partial charge in [0, 0.05) is 13.1 Å². The van der Waals surface area contributed by atoms with Gasteiger partial charge in [0.1, 0.15) is 0 Å². The molecular weight excluding hydrogens is 210 g/mol. The molecule has 1 saturated heterocycles. The van der Waals surface area contributed by atoms with Crippen LogP contribution in [0.25, 0.3) is 0 Å². The molecule has 1 rings (SSSR count). The molecule has 1 unspecified atom stereocenters. The van der Waals surface area contributed by atoms with Gasteiger partial charge in [-0.2, -0.15) is 0 Å². The molecule has 0 spiro atoms. The summed E-state index contributed by atoms with van der Waals surface area (Å²) in [5, 5.41) is 0. The smallest absolute Gasteiger partial charge is 0.0600 e. The molecule has 0 aromatic carbocycles. The molecule has 0 amide bonds. The molecule has 17 heavy (non-hydrogen) atoms. The zero-order valence-electron chi connectivity index (χ0n) is 12.5. The fourth-order valence-corrected chi connectivity index (χ4v) is 2.69. The average Bonchev–Trinajstić information content (AvgIpc) is 2.15. The summed E-state index contributed by atoms with van der Waals surface area (Å²) in [6.07, 6.45) is 4.18. The van der Waals surface area contributed by atoms with Gasteiger partial charge in [-0.25, -0.2) is 0 Å². The Kier molecular flexibility index (Phi) is 5.94. The van der Waals surface area contributed by atoms with E-state index < -0.39 is 0 Å². The topological polar surface area (TPSA) is 12.5 Å². The van der Waals surface area contributed by atoms with E-state index in [0.717, 1.165) is 25.0 Å². The van der Waals surface area contributed by atoms with Crippen LogP contribution in [0.4, 0.5) is 0 Å². The summed E-state index contributed by atoms with van der Waals surface area (Å²) < 4.78 is 5.81. The van der Waals surface area contributed by atoms with E-state index in [1.54, 1.807) is 0 Å². The molecule has 0 aromatic rings. The molecular formula is C15H31NO. The molecule has 0 bridgehead atoms. The lowest BCUT2D eigenvalue weighted by Gasteiger charge is -2.34. The van der Waals surface area contributed by atoms with Crippen LogP contribution in [0.5, 0.6) is 0 Å². The molecule has 0 aromatic heterocycles. The minimum Gasteiger partial charge on any atom is -0.375 e. The van der Waals surface area contributed by atoms with Crippen molar-refractivity contribution in [3.63, 3.8) is 0 Å². The van der Waals surface area contributed by atoms with Crippen molar-refractivity contribution >= 4 is 0 Å². The van der Waals surface area contributed by atoms with Gasteiger partial charge in [-0.1, -0.05) is 13.8 Å². The van der Waals surface area contributed by atoms with E-state index in [9.17, 15) is 0 Å². The molecule has 102 valence electrons. The van der Waals surface area contributed by atoms with E-state index in [2.05, 4.69) is 39.5 Å². The molecule has 0 N–H and O–H groups in total. The predicted octanol–water partition coefficient (Wildman–Crippen LogP) is 3.56. The highest BCUT2D eigenvalue weighted by molar-refractivity contribution is 4.74. The summed E-state index contributed by atoms with van der Waals surface area (Å²) in [5.41, 5.74) is 0.00706. The van der Waals surface area contributed by atoms with Gasteiger partial charge in [-0.05, 0) is 58.4 Å². The van der Waals surface area contributed by atoms with Crippen molar-refractivity contribution < 1.29 is 4.74 Å². The van der Waals surface area contributed by atoms with Gasteiger partial charge in [0.05, 0.1) is 12.2 Å². The highest BCUT2D eigenvalue weighted by atomic mass is 16.5. The molecule has 1 fully saturated rings. The van der Waals surface area contributed by atoms with Crippen LogP contribution >= 0.6 is 0 Å². The van der Waals surface area contributed by atoms with Crippen molar-refractivity contribution in [2.75, 3.05) is 26.2 Å². The summed E-state index contributed by atoms with van der Waals surface area (Å²) in [5.74, 6) is 1.75. The quantitative estimate of drug-likeness (QED) is 0.730. The third-order valence-corrected chi connectivity index (χ3v) is 3.35. The van der Waals surface area contributed by atoms with E-state index in [-0.39, 0.29) is 5.60 Å². The monoisotopic (exact) mass is 241 g/mol. The summed E-state index contributed by atoms with van der Waals surface area (Å²) in [7, 11) is 0. The number of nitrogens with zero attached hydrogens (tertiary/aromatic N) is 1. The first-order valence-electron chi connectivity index (χ1n) is 7.23. The van der Waals surface area contributed by atoms with Crippen molar-refractivity contribution in [3.05, 3.63) is 0 Å². The Bertz CT molecular complexity index is 207. The van der Waals surface area contributed by atoms with Gasteiger partial charge in [-0.3, -0.25) is 0 Å². The maximum Gasteiger partial charge on any atom is 0.0600 e. The SMILES string of the molecule is CC(C)CC1CCCN(CCOC(C)(C)C)C1. The van der Waals surface area contributed by atoms with Crippen LogP contribution in [0.3, 0.4) is 0 Å². The molecule has 0 saturated carbocycles. The highest BCUT2D eigenvalue weighted by Crippen LogP contribution is 2.23. The molecule has 1 aliphatic rings. The lowest BCUT2D eigenvalue weighted by atomic mass is 9.90. The van der Waals surface area contributed by atoms with E-state index in [1.807, 2.05) is 0 Å². The van der Waals surface area contributed by atoms with Crippen LogP contribution in [-0.2, 0) is 4.74 Å². The lowest BCUT2D eigenvalue weighted by Crippen LogP contribution is -2.38. The van der Waals surface area contributed by atoms with Crippen molar-refractivity contribution in [1.82, 2.24) is 4.90 Å². The minimum absolute atomic E-state index is 0.00706. The largest absolute Gasteiger partial charge is 0.375 e. The first-order valence-corrected chi connectivity index (χ1v) is 7.23. The first-order chi connectivity index (χ1) is 7.87. The van der Waals surface area contributed by atoms with E-state index in [1.165, 1.54) is 32.4 Å². The van der Waals surface area contributed by atoms with Crippen LogP contribution < -0.4 is 0 Å². The van der Waals surface area contributed by atoms with Crippen LogP contribution in [0.2, 0.25) is 0 Å². The number of hydrogen-bond donors (Lipinski definition) is 0. The van der Waals surface area contributed by atoms with E-state index in [0.29, 0.717) is 0 Å². The van der Waals surface area contributed by atoms with Crippen LogP contribution in [-0.4, -0.2) is 36.7 Å². The van der Waals surface area contributed by atoms with Crippen molar-refractivity contribution in [1.29, 1.82) is 0 Å². The predicted molar refractivity (Wildman–Crippen MR) is 74.3 cm³/mol. The van der Waals surface area contributed by atoms with Crippen molar-refractivity contribution in [2.24, 2.45) is 11.8 Å². The molecule has 2 nitrogen and oxygen atoms in total. The van der Waals surface area contributed by atoms with Crippen LogP contribution in [0.15, 0.2) is 0 Å². The van der Waals surface area contributed by atoms with Crippen molar-refractivity contribution in [2.45, 2.75) is 59.5 Å². The van der Waals surface area contributed by atoms with Gasteiger partial charge in [-0.15, -0.1) is 0 Å². The third kappa shape index (κ3) is 7.05. The number of ether oxygens (including phenoxy) is 1. The van der Waals surface area contributed by atoms with Gasteiger partial charge in [0.15, 0.2) is 0 Å². The highest BCUT2D eigenvalue weighted by Gasteiger charge is 2.20. The zero-order chi connectivity index (χ0) is 12.9. The molecule has 0 aliphatic carbocycles. The Hall–Kier alpha value is -0.0800. The van der Waals surface area contributed by atoms with Gasteiger partial charge >= 0.3 is 0 Å². The Morgan fingerprint density at radius 1 is 1.29 bits per heavy atom. The van der Waals surface area contributed by atoms with E-state index >= 15 is 0 Å². The molecule has 0 radical (unpaired) electrons. The van der Waals surface area contributed by atoms with Gasteiger partial charge in [0.25, 0.3) is 0 Å². The second-order valence-corrected chi connectivity index (χ2v) is 6.90.